The second kappa shape index (κ2) is 11.2. The number of ether oxygens (including phenoxy) is 2. The van der Waals surface area contributed by atoms with Crippen LogP contribution in [0.15, 0.2) is 70.4 Å². The zero-order chi connectivity index (χ0) is 28.4. The molecule has 0 aliphatic heterocycles. The fourth-order valence-electron chi connectivity index (χ4n) is 5.44. The number of hydrogen-bond donors (Lipinski definition) is 1. The molecule has 0 radical (unpaired) electrons. The summed E-state index contributed by atoms with van der Waals surface area (Å²) in [7, 11) is -3.03. The number of amides is 1. The van der Waals surface area contributed by atoms with Gasteiger partial charge in [-0.05, 0) is 62.6 Å². The Morgan fingerprint density at radius 1 is 1.00 bits per heavy atom. The summed E-state index contributed by atoms with van der Waals surface area (Å²) in [5.74, 6) is 0.257. The van der Waals surface area contributed by atoms with Gasteiger partial charge in [-0.1, -0.05) is 37.5 Å². The molecule has 1 saturated carbocycles. The summed E-state index contributed by atoms with van der Waals surface area (Å²) >= 11 is 0. The van der Waals surface area contributed by atoms with Gasteiger partial charge in [0, 0.05) is 29.4 Å². The van der Waals surface area contributed by atoms with Gasteiger partial charge < -0.3 is 14.8 Å². The lowest BCUT2D eigenvalue weighted by atomic mass is 9.95. The highest BCUT2D eigenvalue weighted by atomic mass is 32.2. The van der Waals surface area contributed by atoms with Gasteiger partial charge >= 0.3 is 5.69 Å². The van der Waals surface area contributed by atoms with Gasteiger partial charge in [0.1, 0.15) is 16.4 Å². The molecule has 5 rings (SSSR count). The number of imidazole rings is 1. The van der Waals surface area contributed by atoms with Crippen LogP contribution in [0.4, 0.5) is 5.69 Å². The van der Waals surface area contributed by atoms with Gasteiger partial charge in [-0.3, -0.25) is 9.36 Å². The van der Waals surface area contributed by atoms with Crippen LogP contribution in [0.2, 0.25) is 0 Å². The monoisotopic (exact) mass is 563 g/mol. The standard InChI is InChI=1S/C30H33N3O6S/c1-4-39-23-15-16-25-26(19-23)32(22-11-6-5-7-12-22)30(35)33(25)40(36,37)28-17-14-21(18-27(28)38-3)31-29(34)24-13-9-8-10-20(24)2/h8-10,13-19,22H,4-7,11-12H2,1-3H3,(H,31,34). The van der Waals surface area contributed by atoms with Crippen LogP contribution < -0.4 is 20.5 Å². The van der Waals surface area contributed by atoms with Crippen LogP contribution in [0.3, 0.4) is 0 Å². The van der Waals surface area contributed by atoms with Crippen molar-refractivity contribution in [2.45, 2.75) is 56.9 Å². The van der Waals surface area contributed by atoms with Crippen molar-refractivity contribution in [2.75, 3.05) is 19.0 Å². The number of aromatic nitrogens is 2. The Labute approximate surface area is 233 Å². The lowest BCUT2D eigenvalue weighted by molar-refractivity contribution is 0.102. The number of carbonyl (C=O) groups is 1. The number of anilines is 1. The minimum absolute atomic E-state index is 0.0130. The fraction of sp³-hybridized carbons (Fsp3) is 0.333. The largest absolute Gasteiger partial charge is 0.495 e. The van der Waals surface area contributed by atoms with Crippen molar-refractivity contribution in [3.8, 4) is 11.5 Å². The first-order chi connectivity index (χ1) is 19.3. The predicted octanol–water partition coefficient (Wildman–Crippen LogP) is 5.51. The Kier molecular flexibility index (Phi) is 7.71. The summed E-state index contributed by atoms with van der Waals surface area (Å²) in [5, 5.41) is 2.80. The van der Waals surface area contributed by atoms with Crippen LogP contribution in [0, 0.1) is 6.92 Å². The third-order valence-electron chi connectivity index (χ3n) is 7.39. The maximum Gasteiger partial charge on any atom is 0.343 e. The van der Waals surface area contributed by atoms with Crippen molar-refractivity contribution in [3.63, 3.8) is 0 Å². The highest BCUT2D eigenvalue weighted by Crippen LogP contribution is 2.34. The molecule has 3 aromatic carbocycles. The molecule has 0 unspecified atom stereocenters. The van der Waals surface area contributed by atoms with Gasteiger partial charge in [0.05, 0.1) is 24.8 Å². The Balaban J connectivity index is 1.59. The number of rotatable bonds is 8. The number of nitrogens with zero attached hydrogens (tertiary/aromatic N) is 2. The third kappa shape index (κ3) is 4.99. The Bertz CT molecular complexity index is 1730. The summed E-state index contributed by atoms with van der Waals surface area (Å²) in [6.45, 7) is 4.15. The molecular weight excluding hydrogens is 530 g/mol. The Morgan fingerprint density at radius 3 is 2.45 bits per heavy atom. The second-order valence-electron chi connectivity index (χ2n) is 9.93. The molecule has 40 heavy (non-hydrogen) atoms. The molecule has 10 heteroatoms. The first kappa shape index (κ1) is 27.5. The van der Waals surface area contributed by atoms with Gasteiger partial charge in [-0.2, -0.15) is 3.97 Å². The van der Waals surface area contributed by atoms with Crippen LogP contribution in [-0.4, -0.2) is 36.6 Å². The number of benzene rings is 3. The zero-order valence-electron chi connectivity index (χ0n) is 22.8. The molecule has 210 valence electrons. The maximum absolute atomic E-state index is 14.1. The summed E-state index contributed by atoms with van der Waals surface area (Å²) in [6, 6.07) is 16.4. The van der Waals surface area contributed by atoms with Crippen LogP contribution in [0.5, 0.6) is 11.5 Å². The molecule has 1 aromatic heterocycles. The smallest absolute Gasteiger partial charge is 0.343 e. The van der Waals surface area contributed by atoms with E-state index in [1.807, 2.05) is 26.0 Å². The Morgan fingerprint density at radius 2 is 1.75 bits per heavy atom. The van der Waals surface area contributed by atoms with Crippen molar-refractivity contribution in [1.29, 1.82) is 0 Å². The molecule has 0 spiro atoms. The zero-order valence-corrected chi connectivity index (χ0v) is 23.7. The normalized spacial score (nSPS) is 14.3. The number of methoxy groups -OCH3 is 1. The summed E-state index contributed by atoms with van der Waals surface area (Å²) < 4.78 is 41.8. The van der Waals surface area contributed by atoms with Crippen LogP contribution in [0.1, 0.15) is 61.0 Å². The molecule has 0 atom stereocenters. The third-order valence-corrected chi connectivity index (χ3v) is 9.11. The lowest BCUT2D eigenvalue weighted by Gasteiger charge is -2.23. The molecule has 1 N–H and O–H groups in total. The van der Waals surface area contributed by atoms with E-state index in [-0.39, 0.29) is 28.1 Å². The minimum Gasteiger partial charge on any atom is -0.495 e. The average molecular weight is 564 g/mol. The van der Waals surface area contributed by atoms with Gasteiger partial charge in [0.2, 0.25) is 0 Å². The highest BCUT2D eigenvalue weighted by molar-refractivity contribution is 7.90. The first-order valence-corrected chi connectivity index (χ1v) is 14.9. The van der Waals surface area contributed by atoms with E-state index >= 15 is 0 Å². The molecular formula is C30H33N3O6S. The van der Waals surface area contributed by atoms with Crippen molar-refractivity contribution in [1.82, 2.24) is 8.54 Å². The number of carbonyl (C=O) groups excluding carboxylic acids is 1. The Hall–Kier alpha value is -4.05. The quantitative estimate of drug-likeness (QED) is 0.303. The summed E-state index contributed by atoms with van der Waals surface area (Å²) in [6.07, 6.45) is 4.65. The molecule has 1 aliphatic carbocycles. The number of fused-ring (bicyclic) bond motifs is 1. The SMILES string of the molecule is CCOc1ccc2c(c1)n(C1CCCCC1)c(=O)n2S(=O)(=O)c1ccc(NC(=O)c2ccccc2C)cc1OC. The number of hydrogen-bond acceptors (Lipinski definition) is 6. The highest BCUT2D eigenvalue weighted by Gasteiger charge is 2.31. The molecule has 0 bridgehead atoms. The van der Waals surface area contributed by atoms with E-state index in [9.17, 15) is 18.0 Å². The van der Waals surface area contributed by atoms with E-state index in [2.05, 4.69) is 5.32 Å². The number of aryl methyl sites for hydroxylation is 1. The molecule has 1 amide bonds. The van der Waals surface area contributed by atoms with E-state index in [4.69, 9.17) is 9.47 Å². The average Bonchev–Trinajstić information content (AvgIpc) is 3.25. The van der Waals surface area contributed by atoms with Crippen molar-refractivity contribution < 1.29 is 22.7 Å². The fourth-order valence-corrected chi connectivity index (χ4v) is 6.98. The van der Waals surface area contributed by atoms with E-state index in [1.165, 1.54) is 25.3 Å². The van der Waals surface area contributed by atoms with E-state index < -0.39 is 15.7 Å². The molecule has 0 saturated heterocycles. The van der Waals surface area contributed by atoms with E-state index in [0.717, 1.165) is 41.6 Å². The van der Waals surface area contributed by atoms with Crippen molar-refractivity contribution >= 4 is 32.7 Å². The molecule has 1 aliphatic rings. The lowest BCUT2D eigenvalue weighted by Crippen LogP contribution is -2.32. The summed E-state index contributed by atoms with van der Waals surface area (Å²) in [4.78, 5) is 26.5. The molecule has 4 aromatic rings. The van der Waals surface area contributed by atoms with Crippen LogP contribution in [0.25, 0.3) is 11.0 Å². The van der Waals surface area contributed by atoms with Gasteiger partial charge in [-0.25, -0.2) is 13.2 Å². The van der Waals surface area contributed by atoms with E-state index in [1.54, 1.807) is 34.9 Å². The molecule has 1 fully saturated rings. The van der Waals surface area contributed by atoms with Crippen LogP contribution in [-0.2, 0) is 10.0 Å². The molecule has 1 heterocycles. The van der Waals surface area contributed by atoms with Gasteiger partial charge in [-0.15, -0.1) is 0 Å². The topological polar surface area (TPSA) is 109 Å². The number of nitrogens with one attached hydrogen (secondary N) is 1. The van der Waals surface area contributed by atoms with Gasteiger partial charge in [0.25, 0.3) is 15.9 Å². The van der Waals surface area contributed by atoms with Gasteiger partial charge in [0.15, 0.2) is 0 Å². The van der Waals surface area contributed by atoms with Crippen molar-refractivity contribution in [2.24, 2.45) is 0 Å². The van der Waals surface area contributed by atoms with Crippen LogP contribution >= 0.6 is 0 Å². The molecule has 9 nitrogen and oxygen atoms in total. The maximum atomic E-state index is 14.1. The minimum atomic E-state index is -4.38. The first-order valence-electron chi connectivity index (χ1n) is 13.5. The predicted molar refractivity (Wildman–Crippen MR) is 154 cm³/mol. The second-order valence-corrected chi connectivity index (χ2v) is 11.7. The van der Waals surface area contributed by atoms with Crippen molar-refractivity contribution in [3.05, 3.63) is 82.3 Å². The van der Waals surface area contributed by atoms with E-state index in [0.29, 0.717) is 29.1 Å². The summed E-state index contributed by atoms with van der Waals surface area (Å²) in [5.41, 5.74) is 1.86.